The van der Waals surface area contributed by atoms with Gasteiger partial charge in [-0.1, -0.05) is 6.92 Å². The first-order valence-corrected chi connectivity index (χ1v) is 13.2. The van der Waals surface area contributed by atoms with E-state index in [1.807, 2.05) is 4.90 Å². The number of nitrogens with one attached hydrogen (secondary N) is 1. The molecule has 2 unspecified atom stereocenters. The summed E-state index contributed by atoms with van der Waals surface area (Å²) in [5, 5.41) is 3.29. The molecule has 186 valence electrons. The molecule has 9 heteroatoms. The lowest BCUT2D eigenvalue weighted by molar-refractivity contribution is -0.159. The molecule has 0 radical (unpaired) electrons. The zero-order valence-electron chi connectivity index (χ0n) is 20.2. The highest BCUT2D eigenvalue weighted by molar-refractivity contribution is 7.17. The molecule has 1 N–H and O–H groups in total. The number of esters is 2. The van der Waals surface area contributed by atoms with Gasteiger partial charge in [-0.05, 0) is 70.3 Å². The highest BCUT2D eigenvalue weighted by atomic mass is 32.1. The molecule has 1 aliphatic heterocycles. The van der Waals surface area contributed by atoms with Crippen LogP contribution in [0.2, 0.25) is 0 Å². The van der Waals surface area contributed by atoms with Gasteiger partial charge in [-0.2, -0.15) is 0 Å². The van der Waals surface area contributed by atoms with Crippen molar-refractivity contribution >= 4 is 40.1 Å². The van der Waals surface area contributed by atoms with Gasteiger partial charge in [0.05, 0.1) is 18.1 Å². The zero-order chi connectivity index (χ0) is 24.4. The maximum atomic E-state index is 12.9. The van der Waals surface area contributed by atoms with E-state index in [2.05, 4.69) is 12.2 Å². The van der Waals surface area contributed by atoms with E-state index >= 15 is 0 Å². The molecule has 0 bridgehead atoms. The van der Waals surface area contributed by atoms with Crippen molar-refractivity contribution in [3.63, 3.8) is 0 Å². The minimum Gasteiger partial charge on any atom is -0.462 e. The molecule has 1 saturated heterocycles. The summed E-state index contributed by atoms with van der Waals surface area (Å²) in [4.78, 5) is 53.4. The highest BCUT2D eigenvalue weighted by Gasteiger charge is 2.37. The van der Waals surface area contributed by atoms with E-state index in [9.17, 15) is 19.2 Å². The Morgan fingerprint density at radius 2 is 1.79 bits per heavy atom. The maximum Gasteiger partial charge on any atom is 0.341 e. The van der Waals surface area contributed by atoms with Gasteiger partial charge in [0.25, 0.3) is 5.91 Å². The van der Waals surface area contributed by atoms with Crippen molar-refractivity contribution in [2.45, 2.75) is 71.8 Å². The number of amides is 2. The normalized spacial score (nSPS) is 21.4. The lowest BCUT2D eigenvalue weighted by atomic mass is 9.88. The van der Waals surface area contributed by atoms with Crippen LogP contribution in [0.25, 0.3) is 0 Å². The molecule has 0 spiro atoms. The third-order valence-electron chi connectivity index (χ3n) is 6.96. The summed E-state index contributed by atoms with van der Waals surface area (Å²) in [6.07, 6.45) is 4.69. The summed E-state index contributed by atoms with van der Waals surface area (Å²) >= 11 is 1.41. The second-order valence-electron chi connectivity index (χ2n) is 9.72. The van der Waals surface area contributed by atoms with Crippen LogP contribution in [-0.4, -0.2) is 54.5 Å². The largest absolute Gasteiger partial charge is 0.462 e. The Labute approximate surface area is 204 Å². The van der Waals surface area contributed by atoms with E-state index in [0.29, 0.717) is 42.4 Å². The second-order valence-corrected chi connectivity index (χ2v) is 10.8. The van der Waals surface area contributed by atoms with E-state index in [4.69, 9.17) is 9.47 Å². The number of rotatable bonds is 7. The van der Waals surface area contributed by atoms with E-state index in [0.717, 1.165) is 42.5 Å². The summed E-state index contributed by atoms with van der Waals surface area (Å²) in [6.45, 7) is 6.84. The van der Waals surface area contributed by atoms with Gasteiger partial charge in [0, 0.05) is 23.9 Å². The Morgan fingerprint density at radius 3 is 2.44 bits per heavy atom. The van der Waals surface area contributed by atoms with Crippen LogP contribution in [0.15, 0.2) is 0 Å². The predicted molar refractivity (Wildman–Crippen MR) is 128 cm³/mol. The second kappa shape index (κ2) is 10.5. The fourth-order valence-corrected chi connectivity index (χ4v) is 6.12. The molecular weight excluding hydrogens is 456 g/mol. The number of carbonyl (C=O) groups excluding carboxylic acids is 4. The Hall–Kier alpha value is -2.42. The SMILES string of the molecule is CCOC(=O)c1c(NC(=O)C(C)OC(=O)C2CCN(C(=O)C3CC3)CC2)sc2c1CCC(C)C2. The number of fused-ring (bicyclic) bond motifs is 1. The minimum atomic E-state index is -0.994. The van der Waals surface area contributed by atoms with Crippen LogP contribution in [0.5, 0.6) is 0 Å². The minimum absolute atomic E-state index is 0.179. The number of anilines is 1. The fraction of sp³-hybridized carbons (Fsp3) is 0.680. The van der Waals surface area contributed by atoms with Crippen molar-refractivity contribution in [3.8, 4) is 0 Å². The van der Waals surface area contributed by atoms with Crippen LogP contribution < -0.4 is 5.32 Å². The molecule has 2 atom stereocenters. The summed E-state index contributed by atoms with van der Waals surface area (Å²) in [6, 6.07) is 0. The third-order valence-corrected chi connectivity index (χ3v) is 8.13. The number of nitrogens with zero attached hydrogens (tertiary/aromatic N) is 1. The van der Waals surface area contributed by atoms with Crippen molar-refractivity contribution in [2.75, 3.05) is 25.0 Å². The number of hydrogen-bond acceptors (Lipinski definition) is 7. The lowest BCUT2D eigenvalue weighted by Crippen LogP contribution is -2.42. The lowest BCUT2D eigenvalue weighted by Gasteiger charge is -2.31. The van der Waals surface area contributed by atoms with Crippen molar-refractivity contribution in [2.24, 2.45) is 17.8 Å². The Morgan fingerprint density at radius 1 is 1.09 bits per heavy atom. The van der Waals surface area contributed by atoms with Crippen molar-refractivity contribution in [1.29, 1.82) is 0 Å². The first-order chi connectivity index (χ1) is 16.3. The summed E-state index contributed by atoms with van der Waals surface area (Å²) in [5.41, 5.74) is 1.40. The van der Waals surface area contributed by atoms with Crippen LogP contribution in [-0.2, 0) is 36.7 Å². The van der Waals surface area contributed by atoms with Crippen LogP contribution in [0.1, 0.15) is 73.7 Å². The molecule has 34 heavy (non-hydrogen) atoms. The average molecular weight is 491 g/mol. The average Bonchev–Trinajstić information content (AvgIpc) is 3.60. The smallest absolute Gasteiger partial charge is 0.341 e. The molecule has 0 aromatic carbocycles. The molecule has 1 aromatic rings. The third kappa shape index (κ3) is 5.45. The van der Waals surface area contributed by atoms with Crippen molar-refractivity contribution < 1.29 is 28.7 Å². The number of thiophene rings is 1. The molecular formula is C25H34N2O6S. The fourth-order valence-electron chi connectivity index (χ4n) is 4.72. The van der Waals surface area contributed by atoms with Crippen molar-refractivity contribution in [3.05, 3.63) is 16.0 Å². The first-order valence-electron chi connectivity index (χ1n) is 12.4. The summed E-state index contributed by atoms with van der Waals surface area (Å²) < 4.78 is 10.7. The van der Waals surface area contributed by atoms with Crippen LogP contribution in [0.4, 0.5) is 5.00 Å². The summed E-state index contributed by atoms with van der Waals surface area (Å²) in [5.74, 6) is -0.720. The van der Waals surface area contributed by atoms with E-state index in [-0.39, 0.29) is 24.3 Å². The number of piperidine rings is 1. The Balaban J connectivity index is 1.35. The molecule has 4 rings (SSSR count). The monoisotopic (exact) mass is 490 g/mol. The summed E-state index contributed by atoms with van der Waals surface area (Å²) in [7, 11) is 0. The Bertz CT molecular complexity index is 961. The first kappa shape index (κ1) is 24.7. The number of carbonyl (C=O) groups is 4. The molecule has 2 amide bonds. The van der Waals surface area contributed by atoms with Crippen LogP contribution in [0.3, 0.4) is 0 Å². The van der Waals surface area contributed by atoms with E-state index in [1.165, 1.54) is 11.3 Å². The van der Waals surface area contributed by atoms with Gasteiger partial charge < -0.3 is 19.7 Å². The van der Waals surface area contributed by atoms with Gasteiger partial charge in [-0.3, -0.25) is 14.4 Å². The molecule has 2 heterocycles. The van der Waals surface area contributed by atoms with Gasteiger partial charge in [0.1, 0.15) is 5.00 Å². The number of hydrogen-bond donors (Lipinski definition) is 1. The van der Waals surface area contributed by atoms with Gasteiger partial charge in [0.15, 0.2) is 6.10 Å². The molecule has 8 nitrogen and oxygen atoms in total. The number of ether oxygens (including phenoxy) is 2. The quantitative estimate of drug-likeness (QED) is 0.587. The van der Waals surface area contributed by atoms with Gasteiger partial charge in [-0.15, -0.1) is 11.3 Å². The highest BCUT2D eigenvalue weighted by Crippen LogP contribution is 2.40. The van der Waals surface area contributed by atoms with Crippen molar-refractivity contribution in [1.82, 2.24) is 4.90 Å². The molecule has 2 fully saturated rings. The standard InChI is InChI=1S/C25H34N2O6S/c1-4-32-25(31)20-18-8-5-14(2)13-19(18)34-22(20)26-21(28)15(3)33-24(30)17-9-11-27(12-10-17)23(29)16-6-7-16/h14-17H,4-13H2,1-3H3,(H,26,28). The molecule has 1 aromatic heterocycles. The van der Waals surface area contributed by atoms with E-state index in [1.54, 1.807) is 13.8 Å². The zero-order valence-corrected chi connectivity index (χ0v) is 21.0. The van der Waals surface area contributed by atoms with Gasteiger partial charge in [-0.25, -0.2) is 4.79 Å². The molecule has 3 aliphatic rings. The van der Waals surface area contributed by atoms with Crippen LogP contribution >= 0.6 is 11.3 Å². The van der Waals surface area contributed by atoms with Gasteiger partial charge >= 0.3 is 11.9 Å². The molecule has 2 aliphatic carbocycles. The van der Waals surface area contributed by atoms with E-state index < -0.39 is 23.9 Å². The maximum absolute atomic E-state index is 12.9. The Kier molecular flexibility index (Phi) is 7.60. The van der Waals surface area contributed by atoms with Crippen LogP contribution in [0, 0.1) is 17.8 Å². The molecule has 1 saturated carbocycles. The number of likely N-dealkylation sites (tertiary alicyclic amines) is 1. The topological polar surface area (TPSA) is 102 Å². The van der Waals surface area contributed by atoms with Gasteiger partial charge in [0.2, 0.25) is 5.91 Å². The predicted octanol–water partition coefficient (Wildman–Crippen LogP) is 3.57.